The Balaban J connectivity index is 1.73. The van der Waals surface area contributed by atoms with Crippen LogP contribution >= 0.6 is 0 Å². The Bertz CT molecular complexity index is 358. The van der Waals surface area contributed by atoms with Crippen LogP contribution in [0.5, 0.6) is 0 Å². The van der Waals surface area contributed by atoms with Crippen LogP contribution in [0.3, 0.4) is 0 Å². The lowest BCUT2D eigenvalue weighted by atomic mass is 10.0. The van der Waals surface area contributed by atoms with Crippen LogP contribution in [0.4, 0.5) is 0 Å². The van der Waals surface area contributed by atoms with Gasteiger partial charge in [0, 0.05) is 13.1 Å². The van der Waals surface area contributed by atoms with E-state index < -0.39 is 0 Å². The van der Waals surface area contributed by atoms with Crippen molar-refractivity contribution in [3.05, 3.63) is 35.4 Å². The summed E-state index contributed by atoms with van der Waals surface area (Å²) >= 11 is 0. The van der Waals surface area contributed by atoms with Crippen molar-refractivity contribution in [2.75, 3.05) is 6.54 Å². The first-order valence-corrected chi connectivity index (χ1v) is 7.10. The Hall–Kier alpha value is -0.860. The smallest absolute Gasteiger partial charge is 0.0704 e. The monoisotopic (exact) mass is 247 g/mol. The molecule has 2 unspecified atom stereocenters. The van der Waals surface area contributed by atoms with Gasteiger partial charge in [0.1, 0.15) is 0 Å². The van der Waals surface area contributed by atoms with Gasteiger partial charge in [0.25, 0.3) is 0 Å². The highest BCUT2D eigenvalue weighted by Gasteiger charge is 2.20. The zero-order valence-electron chi connectivity index (χ0n) is 11.8. The molecule has 1 aliphatic rings. The van der Waals surface area contributed by atoms with E-state index in [1.807, 2.05) is 0 Å². The maximum Gasteiger partial charge on any atom is 0.0704 e. The fourth-order valence-corrected chi connectivity index (χ4v) is 2.43. The largest absolute Gasteiger partial charge is 0.374 e. The molecule has 0 radical (unpaired) electrons. The highest BCUT2D eigenvalue weighted by Crippen LogP contribution is 2.18. The second kappa shape index (κ2) is 6.35. The minimum Gasteiger partial charge on any atom is -0.374 e. The fourth-order valence-electron chi connectivity index (χ4n) is 2.43. The van der Waals surface area contributed by atoms with E-state index in [-0.39, 0.29) is 0 Å². The molecule has 2 nitrogen and oxygen atoms in total. The number of hydrogen-bond acceptors (Lipinski definition) is 2. The molecular weight excluding hydrogens is 222 g/mol. The van der Waals surface area contributed by atoms with Gasteiger partial charge in [-0.2, -0.15) is 0 Å². The van der Waals surface area contributed by atoms with Gasteiger partial charge in [0.15, 0.2) is 0 Å². The molecule has 1 heterocycles. The average molecular weight is 247 g/mol. The van der Waals surface area contributed by atoms with Gasteiger partial charge in [-0.25, -0.2) is 0 Å². The molecule has 2 rings (SSSR count). The van der Waals surface area contributed by atoms with Gasteiger partial charge in [-0.15, -0.1) is 0 Å². The van der Waals surface area contributed by atoms with E-state index in [2.05, 4.69) is 50.4 Å². The Morgan fingerprint density at radius 3 is 2.50 bits per heavy atom. The number of benzene rings is 1. The summed E-state index contributed by atoms with van der Waals surface area (Å²) < 4.78 is 5.79. The topological polar surface area (TPSA) is 21.3 Å². The van der Waals surface area contributed by atoms with Crippen molar-refractivity contribution in [2.24, 2.45) is 0 Å². The van der Waals surface area contributed by atoms with E-state index >= 15 is 0 Å². The molecule has 2 heteroatoms. The first-order valence-electron chi connectivity index (χ1n) is 7.10. The van der Waals surface area contributed by atoms with Gasteiger partial charge in [0.05, 0.1) is 12.2 Å². The molecule has 18 heavy (non-hydrogen) atoms. The summed E-state index contributed by atoms with van der Waals surface area (Å²) in [6.45, 7) is 8.52. The van der Waals surface area contributed by atoms with Gasteiger partial charge in [-0.3, -0.25) is 0 Å². The summed E-state index contributed by atoms with van der Waals surface area (Å²) in [5.74, 6) is 0.611. The lowest BCUT2D eigenvalue weighted by molar-refractivity contribution is 0.0559. The van der Waals surface area contributed by atoms with E-state index in [9.17, 15) is 0 Å². The number of rotatable bonds is 5. The number of hydrogen-bond donors (Lipinski definition) is 1. The van der Waals surface area contributed by atoms with Gasteiger partial charge in [-0.1, -0.05) is 38.1 Å². The summed E-state index contributed by atoms with van der Waals surface area (Å²) in [4.78, 5) is 0. The molecule has 0 aromatic heterocycles. The van der Waals surface area contributed by atoms with E-state index in [1.54, 1.807) is 0 Å². The lowest BCUT2D eigenvalue weighted by Crippen LogP contribution is -2.26. The molecular formula is C16H25NO. The molecule has 2 atom stereocenters. The van der Waals surface area contributed by atoms with Gasteiger partial charge in [-0.05, 0) is 36.8 Å². The van der Waals surface area contributed by atoms with Crippen LogP contribution in [0.2, 0.25) is 0 Å². The zero-order valence-corrected chi connectivity index (χ0v) is 11.8. The molecule has 1 fully saturated rings. The van der Waals surface area contributed by atoms with Crippen molar-refractivity contribution in [3.63, 3.8) is 0 Å². The number of ether oxygens (including phenoxy) is 1. The summed E-state index contributed by atoms with van der Waals surface area (Å²) in [6, 6.07) is 8.91. The van der Waals surface area contributed by atoms with Crippen LogP contribution in [0.25, 0.3) is 0 Å². The summed E-state index contributed by atoms with van der Waals surface area (Å²) in [5.41, 5.74) is 2.76. The molecule has 0 aliphatic carbocycles. The molecule has 0 spiro atoms. The van der Waals surface area contributed by atoms with Crippen molar-refractivity contribution >= 4 is 0 Å². The van der Waals surface area contributed by atoms with E-state index in [0.29, 0.717) is 18.1 Å². The summed E-state index contributed by atoms with van der Waals surface area (Å²) in [6.07, 6.45) is 3.26. The van der Waals surface area contributed by atoms with Crippen LogP contribution in [-0.2, 0) is 11.3 Å². The summed E-state index contributed by atoms with van der Waals surface area (Å²) in [5, 5.41) is 3.49. The van der Waals surface area contributed by atoms with Gasteiger partial charge < -0.3 is 10.1 Å². The van der Waals surface area contributed by atoms with Gasteiger partial charge >= 0.3 is 0 Å². The Morgan fingerprint density at radius 2 is 1.94 bits per heavy atom. The Kier molecular flexibility index (Phi) is 4.79. The third-order valence-corrected chi connectivity index (χ3v) is 3.67. The van der Waals surface area contributed by atoms with E-state index in [0.717, 1.165) is 13.1 Å². The average Bonchev–Trinajstić information content (AvgIpc) is 2.76. The predicted octanol–water partition coefficient (Wildman–Crippen LogP) is 3.47. The van der Waals surface area contributed by atoms with Gasteiger partial charge in [0.2, 0.25) is 0 Å². The molecule has 0 saturated carbocycles. The van der Waals surface area contributed by atoms with Crippen LogP contribution in [0.1, 0.15) is 50.7 Å². The van der Waals surface area contributed by atoms with E-state index in [1.165, 1.54) is 24.0 Å². The first kappa shape index (κ1) is 13.6. The maximum absolute atomic E-state index is 5.79. The van der Waals surface area contributed by atoms with Crippen molar-refractivity contribution in [1.29, 1.82) is 0 Å². The Morgan fingerprint density at radius 1 is 1.22 bits per heavy atom. The standard InChI is InChI=1S/C16H25NO/c1-12(2)15-7-5-14(6-8-15)10-17-11-16-9-4-13(3)18-16/h5-8,12-13,16-17H,4,9-11H2,1-3H3. The summed E-state index contributed by atoms with van der Waals surface area (Å²) in [7, 11) is 0. The van der Waals surface area contributed by atoms with E-state index in [4.69, 9.17) is 4.74 Å². The van der Waals surface area contributed by atoms with Crippen molar-refractivity contribution in [3.8, 4) is 0 Å². The third-order valence-electron chi connectivity index (χ3n) is 3.67. The minimum absolute atomic E-state index is 0.412. The van der Waals surface area contributed by atoms with Crippen molar-refractivity contribution < 1.29 is 4.74 Å². The second-order valence-electron chi connectivity index (χ2n) is 5.67. The molecule has 1 saturated heterocycles. The van der Waals surface area contributed by atoms with Crippen LogP contribution in [-0.4, -0.2) is 18.8 Å². The first-order chi connectivity index (χ1) is 8.65. The predicted molar refractivity (Wildman–Crippen MR) is 75.8 cm³/mol. The molecule has 1 N–H and O–H groups in total. The Labute approximate surface area is 111 Å². The molecule has 1 aromatic carbocycles. The highest BCUT2D eigenvalue weighted by atomic mass is 16.5. The molecule has 0 amide bonds. The molecule has 100 valence electrons. The highest BCUT2D eigenvalue weighted by molar-refractivity contribution is 5.24. The van der Waals surface area contributed by atoms with Crippen LogP contribution in [0.15, 0.2) is 24.3 Å². The van der Waals surface area contributed by atoms with Crippen LogP contribution in [0, 0.1) is 0 Å². The third kappa shape index (κ3) is 3.82. The van der Waals surface area contributed by atoms with Crippen molar-refractivity contribution in [1.82, 2.24) is 5.32 Å². The van der Waals surface area contributed by atoms with Crippen LogP contribution < -0.4 is 5.32 Å². The molecule has 0 bridgehead atoms. The lowest BCUT2D eigenvalue weighted by Gasteiger charge is -2.12. The number of nitrogens with one attached hydrogen (secondary N) is 1. The SMILES string of the molecule is CC1CCC(CNCc2ccc(C(C)C)cc2)O1. The second-order valence-corrected chi connectivity index (χ2v) is 5.67. The quantitative estimate of drug-likeness (QED) is 0.860. The zero-order chi connectivity index (χ0) is 13.0. The maximum atomic E-state index is 5.79. The molecule has 1 aliphatic heterocycles. The molecule has 1 aromatic rings. The normalized spacial score (nSPS) is 23.8. The fraction of sp³-hybridized carbons (Fsp3) is 0.625. The minimum atomic E-state index is 0.412. The van der Waals surface area contributed by atoms with Crippen molar-refractivity contribution in [2.45, 2.75) is 58.3 Å².